The molecule has 1 amide bonds. The summed E-state index contributed by atoms with van der Waals surface area (Å²) in [5, 5.41) is 11.1. The van der Waals surface area contributed by atoms with Crippen molar-refractivity contribution in [2.75, 3.05) is 18.6 Å². The molecule has 0 saturated heterocycles. The summed E-state index contributed by atoms with van der Waals surface area (Å²) < 4.78 is 1.40. The number of nitrogens with zero attached hydrogens (tertiary/aromatic N) is 3. The minimum atomic E-state index is -0.0788. The molecule has 0 saturated carbocycles. The van der Waals surface area contributed by atoms with Crippen molar-refractivity contribution in [2.24, 2.45) is 0 Å². The fourth-order valence-corrected chi connectivity index (χ4v) is 2.21. The van der Waals surface area contributed by atoms with E-state index in [4.69, 9.17) is 5.84 Å². The standard InChI is InChI=1S/C12H15N5OS/c1-8-3-5-9(6-4-8)11-15-16-12(17(11)13)19-7-10(18)14-2/h3-6H,7,13H2,1-2H3,(H,14,18). The number of aromatic nitrogens is 3. The van der Waals surface area contributed by atoms with Crippen molar-refractivity contribution < 1.29 is 4.79 Å². The maximum Gasteiger partial charge on any atom is 0.230 e. The number of hydrogen-bond donors (Lipinski definition) is 2. The fourth-order valence-electron chi connectivity index (χ4n) is 1.48. The summed E-state index contributed by atoms with van der Waals surface area (Å²) in [6.45, 7) is 2.02. The van der Waals surface area contributed by atoms with Gasteiger partial charge in [0.2, 0.25) is 11.1 Å². The van der Waals surface area contributed by atoms with Crippen molar-refractivity contribution in [3.63, 3.8) is 0 Å². The maximum absolute atomic E-state index is 11.2. The fraction of sp³-hybridized carbons (Fsp3) is 0.250. The van der Waals surface area contributed by atoms with Gasteiger partial charge in [-0.05, 0) is 6.92 Å². The largest absolute Gasteiger partial charge is 0.358 e. The summed E-state index contributed by atoms with van der Waals surface area (Å²) in [7, 11) is 1.59. The molecule has 2 rings (SSSR count). The Hall–Kier alpha value is -2.02. The van der Waals surface area contributed by atoms with E-state index in [1.165, 1.54) is 22.0 Å². The minimum absolute atomic E-state index is 0.0788. The maximum atomic E-state index is 11.2. The summed E-state index contributed by atoms with van der Waals surface area (Å²) in [6, 6.07) is 7.86. The van der Waals surface area contributed by atoms with Crippen molar-refractivity contribution in [2.45, 2.75) is 12.1 Å². The van der Waals surface area contributed by atoms with Crippen LogP contribution in [0.3, 0.4) is 0 Å². The van der Waals surface area contributed by atoms with Crippen molar-refractivity contribution in [3.05, 3.63) is 29.8 Å². The number of nitrogen functional groups attached to an aromatic ring is 1. The van der Waals surface area contributed by atoms with Crippen LogP contribution in [0, 0.1) is 6.92 Å². The van der Waals surface area contributed by atoms with Gasteiger partial charge in [0.05, 0.1) is 5.75 Å². The molecular weight excluding hydrogens is 262 g/mol. The molecule has 1 aromatic carbocycles. The van der Waals surface area contributed by atoms with Gasteiger partial charge >= 0.3 is 0 Å². The van der Waals surface area contributed by atoms with Crippen molar-refractivity contribution >= 4 is 17.7 Å². The Kier molecular flexibility index (Phi) is 4.06. The molecule has 0 fully saturated rings. The first kappa shape index (κ1) is 13.4. The summed E-state index contributed by atoms with van der Waals surface area (Å²) in [5.41, 5.74) is 2.06. The van der Waals surface area contributed by atoms with Crippen LogP contribution in [0.15, 0.2) is 29.4 Å². The number of rotatable bonds is 4. The molecule has 0 spiro atoms. The lowest BCUT2D eigenvalue weighted by Gasteiger charge is -2.03. The normalized spacial score (nSPS) is 10.4. The lowest BCUT2D eigenvalue weighted by molar-refractivity contribution is -0.118. The molecule has 0 unspecified atom stereocenters. The zero-order valence-electron chi connectivity index (χ0n) is 10.8. The highest BCUT2D eigenvalue weighted by Crippen LogP contribution is 2.21. The first-order chi connectivity index (χ1) is 9.11. The van der Waals surface area contributed by atoms with E-state index in [0.717, 1.165) is 5.56 Å². The molecule has 100 valence electrons. The third-order valence-corrected chi connectivity index (χ3v) is 3.53. The van der Waals surface area contributed by atoms with Crippen LogP contribution in [0.4, 0.5) is 0 Å². The quantitative estimate of drug-likeness (QED) is 0.638. The van der Waals surface area contributed by atoms with Crippen molar-refractivity contribution in [1.82, 2.24) is 20.2 Å². The van der Waals surface area contributed by atoms with Gasteiger partial charge in [-0.3, -0.25) is 4.79 Å². The van der Waals surface area contributed by atoms with Crippen LogP contribution in [0.25, 0.3) is 11.4 Å². The molecule has 3 N–H and O–H groups in total. The lowest BCUT2D eigenvalue weighted by Crippen LogP contribution is -2.20. The Balaban J connectivity index is 2.18. The Bertz CT molecular complexity index is 578. The Morgan fingerprint density at radius 2 is 2.05 bits per heavy atom. The summed E-state index contributed by atoms with van der Waals surface area (Å²) in [6.07, 6.45) is 0. The van der Waals surface area contributed by atoms with E-state index in [1.807, 2.05) is 31.2 Å². The van der Waals surface area contributed by atoms with E-state index in [1.54, 1.807) is 7.05 Å². The molecule has 6 nitrogen and oxygen atoms in total. The second-order valence-corrected chi connectivity index (χ2v) is 4.95. The van der Waals surface area contributed by atoms with Crippen LogP contribution in [-0.4, -0.2) is 33.6 Å². The van der Waals surface area contributed by atoms with Crippen LogP contribution in [0.1, 0.15) is 5.56 Å². The average Bonchev–Trinajstić information content (AvgIpc) is 2.78. The third kappa shape index (κ3) is 3.05. The number of nitrogens with two attached hydrogens (primary N) is 1. The molecule has 0 bridgehead atoms. The number of aryl methyl sites for hydroxylation is 1. The van der Waals surface area contributed by atoms with E-state index in [-0.39, 0.29) is 11.7 Å². The van der Waals surface area contributed by atoms with Crippen LogP contribution >= 0.6 is 11.8 Å². The zero-order valence-corrected chi connectivity index (χ0v) is 11.6. The van der Waals surface area contributed by atoms with E-state index >= 15 is 0 Å². The summed E-state index contributed by atoms with van der Waals surface area (Å²) >= 11 is 1.25. The SMILES string of the molecule is CNC(=O)CSc1nnc(-c2ccc(C)cc2)n1N. The minimum Gasteiger partial charge on any atom is -0.358 e. The molecule has 0 atom stereocenters. The molecule has 0 aliphatic rings. The van der Waals surface area contributed by atoms with Crippen LogP contribution in [-0.2, 0) is 4.79 Å². The van der Waals surface area contributed by atoms with E-state index in [9.17, 15) is 4.79 Å². The third-order valence-electron chi connectivity index (χ3n) is 2.59. The average molecular weight is 277 g/mol. The van der Waals surface area contributed by atoms with E-state index < -0.39 is 0 Å². The predicted octanol–water partition coefficient (Wildman–Crippen LogP) is 0.805. The first-order valence-electron chi connectivity index (χ1n) is 5.72. The Labute approximate surface area is 115 Å². The van der Waals surface area contributed by atoms with E-state index in [0.29, 0.717) is 11.0 Å². The van der Waals surface area contributed by atoms with E-state index in [2.05, 4.69) is 15.5 Å². The van der Waals surface area contributed by atoms with Gasteiger partial charge in [-0.25, -0.2) is 4.68 Å². The van der Waals surface area contributed by atoms with Gasteiger partial charge in [0.15, 0.2) is 5.82 Å². The highest BCUT2D eigenvalue weighted by atomic mass is 32.2. The van der Waals surface area contributed by atoms with Gasteiger partial charge in [-0.2, -0.15) is 0 Å². The van der Waals surface area contributed by atoms with Crippen LogP contribution < -0.4 is 11.2 Å². The molecule has 19 heavy (non-hydrogen) atoms. The van der Waals surface area contributed by atoms with Crippen LogP contribution in [0.5, 0.6) is 0 Å². The highest BCUT2D eigenvalue weighted by Gasteiger charge is 2.13. The van der Waals surface area contributed by atoms with Crippen LogP contribution in [0.2, 0.25) is 0 Å². The molecule has 1 aromatic heterocycles. The highest BCUT2D eigenvalue weighted by molar-refractivity contribution is 7.99. The summed E-state index contributed by atoms with van der Waals surface area (Å²) in [5.74, 6) is 6.71. The number of hydrogen-bond acceptors (Lipinski definition) is 5. The number of thioether (sulfide) groups is 1. The molecule has 0 aliphatic carbocycles. The molecule has 0 aliphatic heterocycles. The zero-order chi connectivity index (χ0) is 13.8. The van der Waals surface area contributed by atoms with Gasteiger partial charge in [-0.15, -0.1) is 10.2 Å². The Morgan fingerprint density at radius 1 is 1.37 bits per heavy atom. The summed E-state index contributed by atoms with van der Waals surface area (Å²) in [4.78, 5) is 11.2. The van der Waals surface area contributed by atoms with Crippen molar-refractivity contribution in [3.8, 4) is 11.4 Å². The monoisotopic (exact) mass is 277 g/mol. The number of carbonyl (C=O) groups is 1. The lowest BCUT2D eigenvalue weighted by atomic mass is 10.1. The first-order valence-corrected chi connectivity index (χ1v) is 6.71. The second-order valence-electron chi connectivity index (χ2n) is 4.00. The molecule has 2 aromatic rings. The number of amides is 1. The van der Waals surface area contributed by atoms with Gasteiger partial charge < -0.3 is 11.2 Å². The number of benzene rings is 1. The molecule has 0 radical (unpaired) electrons. The van der Waals surface area contributed by atoms with Gasteiger partial charge in [0.1, 0.15) is 0 Å². The molecular formula is C12H15N5OS. The Morgan fingerprint density at radius 3 is 2.68 bits per heavy atom. The number of carbonyl (C=O) groups excluding carboxylic acids is 1. The predicted molar refractivity (Wildman–Crippen MR) is 75.1 cm³/mol. The second kappa shape index (κ2) is 5.75. The van der Waals surface area contributed by atoms with Crippen molar-refractivity contribution in [1.29, 1.82) is 0 Å². The smallest absolute Gasteiger partial charge is 0.230 e. The topological polar surface area (TPSA) is 85.8 Å². The van der Waals surface area contributed by atoms with Gasteiger partial charge in [0, 0.05) is 12.6 Å². The molecule has 7 heteroatoms. The van der Waals surface area contributed by atoms with Gasteiger partial charge in [-0.1, -0.05) is 41.6 Å². The van der Waals surface area contributed by atoms with Gasteiger partial charge in [0.25, 0.3) is 0 Å². The molecule has 1 heterocycles. The number of nitrogens with one attached hydrogen (secondary N) is 1.